The highest BCUT2D eigenvalue weighted by Crippen LogP contribution is 2.19. The fourth-order valence-electron chi connectivity index (χ4n) is 1.88. The molecule has 104 valence electrons. The van der Waals surface area contributed by atoms with Crippen molar-refractivity contribution in [1.82, 2.24) is 15.1 Å². The summed E-state index contributed by atoms with van der Waals surface area (Å²) < 4.78 is 1.84. The van der Waals surface area contributed by atoms with E-state index >= 15 is 0 Å². The molecule has 0 saturated heterocycles. The number of thiocarbonyl (C=S) groups is 1. The maximum atomic E-state index is 6.14. The molecular weight excluding hydrogens is 292 g/mol. The first kappa shape index (κ1) is 13.4. The van der Waals surface area contributed by atoms with Gasteiger partial charge in [0.1, 0.15) is 0 Å². The van der Waals surface area contributed by atoms with E-state index in [2.05, 4.69) is 15.7 Å². The molecule has 0 radical (unpaired) electrons. The molecule has 1 fully saturated rings. The molecule has 0 spiro atoms. The smallest absolute Gasteiger partial charge is 0.172 e. The van der Waals surface area contributed by atoms with Crippen LogP contribution < -0.4 is 10.6 Å². The number of anilines is 1. The summed E-state index contributed by atoms with van der Waals surface area (Å²) in [5, 5.41) is 12.1. The Morgan fingerprint density at radius 2 is 2.15 bits per heavy atom. The van der Waals surface area contributed by atoms with E-state index in [0.717, 1.165) is 16.4 Å². The van der Waals surface area contributed by atoms with E-state index in [-0.39, 0.29) is 0 Å². The van der Waals surface area contributed by atoms with Gasteiger partial charge in [-0.2, -0.15) is 5.10 Å². The number of aromatic nitrogens is 2. The monoisotopic (exact) mass is 306 g/mol. The molecule has 1 saturated carbocycles. The van der Waals surface area contributed by atoms with Gasteiger partial charge < -0.3 is 10.6 Å². The van der Waals surface area contributed by atoms with Gasteiger partial charge in [-0.15, -0.1) is 0 Å². The predicted octanol–water partition coefficient (Wildman–Crippen LogP) is 3.03. The van der Waals surface area contributed by atoms with Crippen molar-refractivity contribution >= 4 is 34.7 Å². The van der Waals surface area contributed by atoms with Crippen molar-refractivity contribution in [2.45, 2.75) is 25.4 Å². The third-order valence-corrected chi connectivity index (χ3v) is 3.67. The third-order valence-electron chi connectivity index (χ3n) is 3.09. The molecule has 0 bridgehead atoms. The molecule has 0 aliphatic heterocycles. The van der Waals surface area contributed by atoms with Crippen LogP contribution in [0, 0.1) is 0 Å². The zero-order chi connectivity index (χ0) is 13.9. The summed E-state index contributed by atoms with van der Waals surface area (Å²) in [4.78, 5) is 0. The summed E-state index contributed by atoms with van der Waals surface area (Å²) >= 11 is 11.4. The SMILES string of the molecule is S=C(Nc1ccn(Cc2ccccc2Cl)n1)NC1CC1. The summed E-state index contributed by atoms with van der Waals surface area (Å²) in [6, 6.07) is 10.2. The van der Waals surface area contributed by atoms with Crippen LogP contribution in [0.1, 0.15) is 18.4 Å². The molecule has 1 aliphatic carbocycles. The largest absolute Gasteiger partial charge is 0.360 e. The minimum Gasteiger partial charge on any atom is -0.360 e. The minimum atomic E-state index is 0.542. The summed E-state index contributed by atoms with van der Waals surface area (Å²) in [5.41, 5.74) is 1.04. The fourth-order valence-corrected chi connectivity index (χ4v) is 2.35. The van der Waals surface area contributed by atoms with Gasteiger partial charge >= 0.3 is 0 Å². The average Bonchev–Trinajstić information content (AvgIpc) is 3.12. The normalized spacial score (nSPS) is 14.1. The van der Waals surface area contributed by atoms with Crippen molar-refractivity contribution in [2.24, 2.45) is 0 Å². The molecule has 20 heavy (non-hydrogen) atoms. The Bertz CT molecular complexity index is 621. The standard InChI is InChI=1S/C14H15ClN4S/c15-12-4-2-1-3-10(12)9-19-8-7-13(18-19)17-14(20)16-11-5-6-11/h1-4,7-8,11H,5-6,9H2,(H2,16,17,18,20). The van der Waals surface area contributed by atoms with Gasteiger partial charge in [0, 0.05) is 23.3 Å². The fraction of sp³-hybridized carbons (Fsp3) is 0.286. The summed E-state index contributed by atoms with van der Waals surface area (Å²) in [6.07, 6.45) is 4.30. The van der Waals surface area contributed by atoms with E-state index in [1.54, 1.807) is 0 Å². The first-order valence-electron chi connectivity index (χ1n) is 6.55. The number of benzene rings is 1. The summed E-state index contributed by atoms with van der Waals surface area (Å²) in [6.45, 7) is 0.643. The topological polar surface area (TPSA) is 41.9 Å². The van der Waals surface area contributed by atoms with Gasteiger partial charge in [-0.1, -0.05) is 29.8 Å². The first-order valence-corrected chi connectivity index (χ1v) is 7.34. The highest BCUT2D eigenvalue weighted by atomic mass is 35.5. The van der Waals surface area contributed by atoms with Crippen molar-refractivity contribution in [2.75, 3.05) is 5.32 Å². The zero-order valence-electron chi connectivity index (χ0n) is 10.8. The Balaban J connectivity index is 1.61. The second-order valence-electron chi connectivity index (χ2n) is 4.86. The van der Waals surface area contributed by atoms with Crippen LogP contribution in [0.3, 0.4) is 0 Å². The Kier molecular flexibility index (Phi) is 3.89. The van der Waals surface area contributed by atoms with Gasteiger partial charge in [0.2, 0.25) is 0 Å². The molecule has 0 atom stereocenters. The lowest BCUT2D eigenvalue weighted by molar-refractivity contribution is 0.690. The molecule has 2 N–H and O–H groups in total. The van der Waals surface area contributed by atoms with Gasteiger partial charge in [-0.3, -0.25) is 4.68 Å². The third kappa shape index (κ3) is 3.49. The van der Waals surface area contributed by atoms with Crippen LogP contribution in [0.2, 0.25) is 5.02 Å². The molecular formula is C14H15ClN4S. The Morgan fingerprint density at radius 3 is 2.90 bits per heavy atom. The van der Waals surface area contributed by atoms with Crippen LogP contribution in [0.5, 0.6) is 0 Å². The van der Waals surface area contributed by atoms with Crippen LogP contribution in [0.15, 0.2) is 36.5 Å². The number of halogens is 1. The quantitative estimate of drug-likeness (QED) is 0.852. The predicted molar refractivity (Wildman–Crippen MR) is 85.2 cm³/mol. The number of nitrogens with zero attached hydrogens (tertiary/aromatic N) is 2. The van der Waals surface area contributed by atoms with Crippen LogP contribution in [-0.4, -0.2) is 20.9 Å². The molecule has 4 nitrogen and oxygen atoms in total. The maximum Gasteiger partial charge on any atom is 0.172 e. The minimum absolute atomic E-state index is 0.542. The van der Waals surface area contributed by atoms with Gasteiger partial charge in [0.25, 0.3) is 0 Å². The van der Waals surface area contributed by atoms with Gasteiger partial charge in [0.15, 0.2) is 10.9 Å². The number of rotatable bonds is 4. The zero-order valence-corrected chi connectivity index (χ0v) is 12.4. The molecule has 3 rings (SSSR count). The molecule has 0 unspecified atom stereocenters. The number of hydrogen-bond donors (Lipinski definition) is 2. The molecule has 6 heteroatoms. The molecule has 1 aromatic carbocycles. The average molecular weight is 307 g/mol. The second-order valence-corrected chi connectivity index (χ2v) is 5.68. The molecule has 1 aromatic heterocycles. The number of hydrogen-bond acceptors (Lipinski definition) is 2. The molecule has 1 heterocycles. The summed E-state index contributed by atoms with van der Waals surface area (Å²) in [5.74, 6) is 0.746. The van der Waals surface area contributed by atoms with Crippen LogP contribution in [0.25, 0.3) is 0 Å². The van der Waals surface area contributed by atoms with E-state index in [1.807, 2.05) is 41.2 Å². The van der Waals surface area contributed by atoms with Crippen molar-refractivity contribution < 1.29 is 0 Å². The highest BCUT2D eigenvalue weighted by Gasteiger charge is 2.21. The molecule has 0 amide bonds. The maximum absolute atomic E-state index is 6.14. The van der Waals surface area contributed by atoms with Crippen molar-refractivity contribution in [3.05, 3.63) is 47.1 Å². The molecule has 2 aromatic rings. The van der Waals surface area contributed by atoms with Crippen LogP contribution in [-0.2, 0) is 6.54 Å². The Labute approximate surface area is 128 Å². The van der Waals surface area contributed by atoms with Crippen molar-refractivity contribution in [3.8, 4) is 0 Å². The second kappa shape index (κ2) is 5.81. The lowest BCUT2D eigenvalue weighted by atomic mass is 10.2. The number of nitrogens with one attached hydrogen (secondary N) is 2. The first-order chi connectivity index (χ1) is 9.70. The van der Waals surface area contributed by atoms with E-state index in [9.17, 15) is 0 Å². The van der Waals surface area contributed by atoms with E-state index < -0.39 is 0 Å². The van der Waals surface area contributed by atoms with Crippen LogP contribution >= 0.6 is 23.8 Å². The highest BCUT2D eigenvalue weighted by molar-refractivity contribution is 7.80. The van der Waals surface area contributed by atoms with Gasteiger partial charge in [0.05, 0.1) is 6.54 Å². The lowest BCUT2D eigenvalue weighted by Gasteiger charge is -2.07. The van der Waals surface area contributed by atoms with Crippen LogP contribution in [0.4, 0.5) is 5.82 Å². The van der Waals surface area contributed by atoms with Crippen molar-refractivity contribution in [1.29, 1.82) is 0 Å². The van der Waals surface area contributed by atoms with E-state index in [4.69, 9.17) is 23.8 Å². The molecule has 1 aliphatic rings. The van der Waals surface area contributed by atoms with Gasteiger partial charge in [-0.05, 0) is 36.7 Å². The Morgan fingerprint density at radius 1 is 1.35 bits per heavy atom. The van der Waals surface area contributed by atoms with Gasteiger partial charge in [-0.25, -0.2) is 0 Å². The lowest BCUT2D eigenvalue weighted by Crippen LogP contribution is -2.30. The van der Waals surface area contributed by atoms with E-state index in [0.29, 0.717) is 17.7 Å². The summed E-state index contributed by atoms with van der Waals surface area (Å²) in [7, 11) is 0. The van der Waals surface area contributed by atoms with E-state index in [1.165, 1.54) is 12.8 Å². The van der Waals surface area contributed by atoms with Crippen molar-refractivity contribution in [3.63, 3.8) is 0 Å². The Hall–Kier alpha value is -1.59.